The highest BCUT2D eigenvalue weighted by atomic mass is 19.1. The molecule has 1 aliphatic carbocycles. The van der Waals surface area contributed by atoms with Crippen LogP contribution in [0.15, 0.2) is 58.8 Å². The van der Waals surface area contributed by atoms with E-state index in [1.807, 2.05) is 0 Å². The quantitative estimate of drug-likeness (QED) is 0.520. The number of aliphatic imine (C=N–C) groups is 1. The van der Waals surface area contributed by atoms with E-state index in [0.29, 0.717) is 22.4 Å². The second-order valence-electron chi connectivity index (χ2n) is 8.87. The molecule has 2 N–H and O–H groups in total. The molecule has 2 heterocycles. The summed E-state index contributed by atoms with van der Waals surface area (Å²) in [4.78, 5) is 55.3. The van der Waals surface area contributed by atoms with Crippen LogP contribution < -0.4 is 5.32 Å². The molecule has 9 heteroatoms. The van der Waals surface area contributed by atoms with Gasteiger partial charge in [0.2, 0.25) is 11.8 Å². The highest BCUT2D eigenvalue weighted by Gasteiger charge is 2.40. The number of nitrogens with one attached hydrogen (secondary N) is 1. The Bertz CT molecular complexity index is 1330. The average Bonchev–Trinajstić information content (AvgIpc) is 3.16. The Hall–Kier alpha value is -4.14. The minimum Gasteiger partial charge on any atom is -0.511 e. The van der Waals surface area contributed by atoms with Crippen molar-refractivity contribution in [2.75, 3.05) is 0 Å². The van der Waals surface area contributed by atoms with Crippen LogP contribution in [0.1, 0.15) is 53.1 Å². The molecular weight excluding hydrogens is 453 g/mol. The Kier molecular flexibility index (Phi) is 5.76. The number of carbonyl (C=O) groups excluding carboxylic acids is 4. The van der Waals surface area contributed by atoms with Gasteiger partial charge in [0.25, 0.3) is 5.91 Å². The fourth-order valence-corrected chi connectivity index (χ4v) is 4.91. The zero-order chi connectivity index (χ0) is 24.7. The smallest absolute Gasteiger partial charge is 0.255 e. The van der Waals surface area contributed by atoms with Gasteiger partial charge in [0.05, 0.1) is 11.3 Å². The fraction of sp³-hybridized carbons (Fsp3) is 0.269. The van der Waals surface area contributed by atoms with Crippen molar-refractivity contribution in [3.05, 3.63) is 76.3 Å². The number of piperidine rings is 1. The summed E-state index contributed by atoms with van der Waals surface area (Å²) >= 11 is 0. The third-order valence-corrected chi connectivity index (χ3v) is 6.72. The maximum atomic E-state index is 14.2. The normalized spacial score (nSPS) is 22.7. The van der Waals surface area contributed by atoms with Crippen molar-refractivity contribution in [1.82, 2.24) is 10.2 Å². The number of benzene rings is 2. The first-order valence-corrected chi connectivity index (χ1v) is 11.3. The van der Waals surface area contributed by atoms with E-state index >= 15 is 0 Å². The van der Waals surface area contributed by atoms with Gasteiger partial charge < -0.3 is 10.0 Å². The lowest BCUT2D eigenvalue weighted by Crippen LogP contribution is -2.52. The van der Waals surface area contributed by atoms with Gasteiger partial charge in [0.1, 0.15) is 17.6 Å². The molecule has 2 unspecified atom stereocenters. The summed E-state index contributed by atoms with van der Waals surface area (Å²) in [6, 6.07) is 10.4. The molecule has 1 saturated heterocycles. The minimum atomic E-state index is -0.744. The van der Waals surface area contributed by atoms with Gasteiger partial charge >= 0.3 is 0 Å². The van der Waals surface area contributed by atoms with Crippen LogP contribution in [0.4, 0.5) is 10.1 Å². The Morgan fingerprint density at radius 1 is 1.06 bits per heavy atom. The summed E-state index contributed by atoms with van der Waals surface area (Å²) in [6.07, 6.45) is 1.85. The minimum absolute atomic E-state index is 0.0427. The average molecular weight is 475 g/mol. The van der Waals surface area contributed by atoms with Crippen molar-refractivity contribution in [3.63, 3.8) is 0 Å². The van der Waals surface area contributed by atoms with Crippen molar-refractivity contribution in [2.45, 2.75) is 44.2 Å². The molecule has 2 aromatic rings. The zero-order valence-corrected chi connectivity index (χ0v) is 18.7. The predicted molar refractivity (Wildman–Crippen MR) is 124 cm³/mol. The Balaban J connectivity index is 1.38. The molecule has 0 radical (unpaired) electrons. The fourth-order valence-electron chi connectivity index (χ4n) is 4.91. The molecule has 3 aliphatic rings. The van der Waals surface area contributed by atoms with Crippen LogP contribution in [0, 0.1) is 5.82 Å². The van der Waals surface area contributed by atoms with Gasteiger partial charge in [-0.1, -0.05) is 24.3 Å². The lowest BCUT2D eigenvalue weighted by molar-refractivity contribution is -0.137. The summed E-state index contributed by atoms with van der Waals surface area (Å²) in [5.74, 6) is -2.56. The van der Waals surface area contributed by atoms with Gasteiger partial charge in [-0.15, -0.1) is 0 Å². The monoisotopic (exact) mass is 475 g/mol. The number of allylic oxidation sites excluding steroid dienone is 2. The lowest BCUT2D eigenvalue weighted by atomic mass is 9.82. The summed E-state index contributed by atoms with van der Waals surface area (Å²) in [7, 11) is 0. The van der Waals surface area contributed by atoms with Crippen LogP contribution in [-0.4, -0.2) is 45.8 Å². The highest BCUT2D eigenvalue weighted by Crippen LogP contribution is 2.36. The number of amides is 3. The molecule has 2 atom stereocenters. The van der Waals surface area contributed by atoms with E-state index in [2.05, 4.69) is 10.3 Å². The van der Waals surface area contributed by atoms with Crippen molar-refractivity contribution in [3.8, 4) is 0 Å². The number of hydrogen-bond donors (Lipinski definition) is 2. The van der Waals surface area contributed by atoms with Crippen molar-refractivity contribution in [2.24, 2.45) is 4.99 Å². The summed E-state index contributed by atoms with van der Waals surface area (Å²) < 4.78 is 14.2. The highest BCUT2D eigenvalue weighted by molar-refractivity contribution is 6.15. The molecule has 0 bridgehead atoms. The van der Waals surface area contributed by atoms with E-state index in [4.69, 9.17) is 0 Å². The van der Waals surface area contributed by atoms with E-state index in [1.54, 1.807) is 36.4 Å². The molecule has 35 heavy (non-hydrogen) atoms. The summed E-state index contributed by atoms with van der Waals surface area (Å²) in [6.45, 7) is 0.141. The van der Waals surface area contributed by atoms with Gasteiger partial charge in [-0.2, -0.15) is 0 Å². The van der Waals surface area contributed by atoms with E-state index in [9.17, 15) is 28.7 Å². The number of rotatable bonds is 4. The predicted octanol–water partition coefficient (Wildman–Crippen LogP) is 3.25. The number of nitrogens with zero attached hydrogens (tertiary/aromatic N) is 2. The first-order valence-electron chi connectivity index (χ1n) is 11.3. The summed E-state index contributed by atoms with van der Waals surface area (Å²) in [5.41, 5.74) is 1.89. The number of Topliss-reactive ketones (excluding diaryl/α,β-unsaturated/α-hetero) is 1. The molecule has 2 aromatic carbocycles. The molecule has 0 spiro atoms. The van der Waals surface area contributed by atoms with Gasteiger partial charge in [0, 0.05) is 49.1 Å². The summed E-state index contributed by atoms with van der Waals surface area (Å²) in [5, 5.41) is 12.8. The van der Waals surface area contributed by atoms with Crippen molar-refractivity contribution in [1.29, 1.82) is 0 Å². The number of hydrogen-bond acceptors (Lipinski definition) is 6. The molecule has 178 valence electrons. The number of fused-ring (bicyclic) bond motifs is 1. The van der Waals surface area contributed by atoms with E-state index in [1.165, 1.54) is 17.2 Å². The van der Waals surface area contributed by atoms with Crippen molar-refractivity contribution >= 4 is 35.4 Å². The number of ketones is 1. The SMILES string of the molecule is O=C1CCC(N2Cc3c(N=CC4=C(O)CC(c5ccccc5F)CC4=O)cccc3C2=O)C(=O)N1. The number of carbonyl (C=O) groups is 4. The van der Waals surface area contributed by atoms with Crippen LogP contribution >= 0.6 is 0 Å². The zero-order valence-electron chi connectivity index (χ0n) is 18.7. The standard InChI is InChI=1S/C26H22FN3O5/c27-19-6-2-1-4-15(19)14-10-22(31)17(23(32)11-14)12-28-20-7-3-5-16-18(20)13-30(26(16)35)21-8-9-24(33)29-25(21)34/h1-7,12,14,21,31H,8-11,13H2,(H,29,33,34). The number of aliphatic hydroxyl groups is 1. The van der Waals surface area contributed by atoms with Crippen LogP contribution in [0.3, 0.4) is 0 Å². The lowest BCUT2D eigenvalue weighted by Gasteiger charge is -2.29. The maximum absolute atomic E-state index is 14.2. The Morgan fingerprint density at radius 3 is 2.60 bits per heavy atom. The van der Waals surface area contributed by atoms with Gasteiger partial charge in [0.15, 0.2) is 5.78 Å². The van der Waals surface area contributed by atoms with Gasteiger partial charge in [-0.05, 0) is 30.2 Å². The third kappa shape index (κ3) is 4.14. The van der Waals surface area contributed by atoms with Crippen LogP contribution in [-0.2, 0) is 20.9 Å². The molecular formula is C26H22FN3O5. The first-order chi connectivity index (χ1) is 16.8. The Morgan fingerprint density at radius 2 is 1.86 bits per heavy atom. The van der Waals surface area contributed by atoms with E-state index < -0.39 is 23.7 Å². The third-order valence-electron chi connectivity index (χ3n) is 6.72. The van der Waals surface area contributed by atoms with Gasteiger partial charge in [-0.25, -0.2) is 4.39 Å². The molecule has 2 aliphatic heterocycles. The molecule has 0 saturated carbocycles. The van der Waals surface area contributed by atoms with Crippen LogP contribution in [0.25, 0.3) is 0 Å². The van der Waals surface area contributed by atoms with E-state index in [-0.39, 0.29) is 61.2 Å². The molecule has 1 fully saturated rings. The second-order valence-corrected chi connectivity index (χ2v) is 8.87. The second kappa shape index (κ2) is 8.90. The first kappa shape index (κ1) is 22.6. The number of aliphatic hydroxyl groups excluding tert-OH is 1. The number of imide groups is 1. The van der Waals surface area contributed by atoms with Crippen LogP contribution in [0.5, 0.6) is 0 Å². The van der Waals surface area contributed by atoms with Crippen LogP contribution in [0.2, 0.25) is 0 Å². The van der Waals surface area contributed by atoms with Crippen molar-refractivity contribution < 1.29 is 28.7 Å². The molecule has 8 nitrogen and oxygen atoms in total. The van der Waals surface area contributed by atoms with Gasteiger partial charge in [-0.3, -0.25) is 29.5 Å². The molecule has 3 amide bonds. The number of halogens is 1. The molecule has 5 rings (SSSR count). The largest absolute Gasteiger partial charge is 0.511 e. The molecule has 0 aromatic heterocycles. The Labute approximate surface area is 200 Å². The topological polar surface area (TPSA) is 116 Å². The maximum Gasteiger partial charge on any atom is 0.255 e. The van der Waals surface area contributed by atoms with E-state index in [0.717, 1.165) is 0 Å².